The maximum atomic E-state index is 12.8. The number of hydrogen-bond donors (Lipinski definition) is 0. The minimum atomic E-state index is -1.35. The van der Waals surface area contributed by atoms with Crippen LogP contribution < -0.4 is 5.11 Å². The molecular weight excluding hydrogens is 448 g/mol. The van der Waals surface area contributed by atoms with Crippen LogP contribution in [0.25, 0.3) is 17.4 Å². The van der Waals surface area contributed by atoms with Gasteiger partial charge in [-0.1, -0.05) is 24.0 Å². The molecule has 2 heterocycles. The molecule has 0 aliphatic carbocycles. The monoisotopic (exact) mass is 463 g/mol. The molecule has 1 amide bonds. The number of non-ortho nitro benzene ring substituents is 1. The number of benzene rings is 1. The van der Waals surface area contributed by atoms with Crippen LogP contribution in [-0.2, 0) is 9.59 Å². The molecule has 2 aromatic rings. The Labute approximate surface area is 185 Å². The predicted molar refractivity (Wildman–Crippen MR) is 118 cm³/mol. The van der Waals surface area contributed by atoms with Gasteiger partial charge in [-0.15, -0.1) is 0 Å². The van der Waals surface area contributed by atoms with Crippen molar-refractivity contribution >= 4 is 63.7 Å². The highest BCUT2D eigenvalue weighted by molar-refractivity contribution is 8.26. The largest absolute Gasteiger partial charge is 0.548 e. The van der Waals surface area contributed by atoms with Crippen molar-refractivity contribution in [2.75, 3.05) is 12.0 Å². The average molecular weight is 464 g/mol. The lowest BCUT2D eigenvalue weighted by Crippen LogP contribution is -2.50. The number of carbonyl (C=O) groups excluding carboxylic acids is 2. The number of furan rings is 1. The summed E-state index contributed by atoms with van der Waals surface area (Å²) in [6, 6.07) is 8.08. The van der Waals surface area contributed by atoms with Crippen LogP contribution in [-0.4, -0.2) is 44.1 Å². The van der Waals surface area contributed by atoms with Crippen molar-refractivity contribution in [3.63, 3.8) is 0 Å². The van der Waals surface area contributed by atoms with Crippen molar-refractivity contribution in [1.82, 2.24) is 4.90 Å². The molecule has 0 saturated carbocycles. The lowest BCUT2D eigenvalue weighted by atomic mass is 10.1. The van der Waals surface area contributed by atoms with Gasteiger partial charge in [-0.25, -0.2) is 0 Å². The van der Waals surface area contributed by atoms with E-state index in [0.717, 1.165) is 16.7 Å². The summed E-state index contributed by atoms with van der Waals surface area (Å²) in [6.45, 7) is 0. The second kappa shape index (κ2) is 9.45. The second-order valence-corrected chi connectivity index (χ2v) is 8.84. The van der Waals surface area contributed by atoms with Crippen molar-refractivity contribution in [3.8, 4) is 11.3 Å². The molecule has 1 saturated heterocycles. The maximum absolute atomic E-state index is 12.8. The topological polar surface area (TPSA) is 117 Å². The standard InChI is InChI=1S/C19H16N2O6S3/c1-29-9-8-14(18(23)24)20-17(22)16(30-19(20)28)10-13-6-7-15(27-13)11-2-4-12(5-3-11)21(25)26/h2-7,10,14H,8-9H2,1H3,(H,23,24)/p-1. The van der Waals surface area contributed by atoms with Crippen molar-refractivity contribution in [1.29, 1.82) is 0 Å². The number of carbonyl (C=O) groups is 2. The van der Waals surface area contributed by atoms with Gasteiger partial charge in [-0.3, -0.25) is 19.8 Å². The zero-order valence-corrected chi connectivity index (χ0v) is 18.1. The molecule has 156 valence electrons. The number of thioether (sulfide) groups is 2. The van der Waals surface area contributed by atoms with Gasteiger partial charge in [0.05, 0.1) is 21.8 Å². The summed E-state index contributed by atoms with van der Waals surface area (Å²) in [5.74, 6) is -0.461. The highest BCUT2D eigenvalue weighted by Crippen LogP contribution is 2.35. The van der Waals surface area contributed by atoms with E-state index in [2.05, 4.69) is 0 Å². The molecule has 1 aromatic carbocycles. The fourth-order valence-electron chi connectivity index (χ4n) is 2.79. The number of carboxylic acids is 1. The SMILES string of the molecule is CSCCC(C(=O)[O-])N1C(=O)C(=Cc2ccc(-c3ccc([N+](=O)[O-])cc3)o2)SC1=S. The minimum Gasteiger partial charge on any atom is -0.548 e. The second-order valence-electron chi connectivity index (χ2n) is 6.17. The van der Waals surface area contributed by atoms with E-state index in [0.29, 0.717) is 22.8 Å². The molecule has 0 radical (unpaired) electrons. The van der Waals surface area contributed by atoms with Gasteiger partial charge in [0.25, 0.3) is 11.6 Å². The van der Waals surface area contributed by atoms with Crippen molar-refractivity contribution in [3.05, 3.63) is 57.2 Å². The van der Waals surface area contributed by atoms with E-state index < -0.39 is 22.8 Å². The highest BCUT2D eigenvalue weighted by Gasteiger charge is 2.37. The minimum absolute atomic E-state index is 0.0295. The molecule has 1 aromatic heterocycles. The van der Waals surface area contributed by atoms with Gasteiger partial charge in [-0.2, -0.15) is 11.8 Å². The summed E-state index contributed by atoms with van der Waals surface area (Å²) >= 11 is 7.69. The molecule has 0 bridgehead atoms. The molecule has 0 spiro atoms. The normalized spacial score (nSPS) is 16.3. The summed E-state index contributed by atoms with van der Waals surface area (Å²) in [6.07, 6.45) is 3.57. The number of hydrogen-bond acceptors (Lipinski definition) is 9. The number of nitro groups is 1. The van der Waals surface area contributed by atoms with Crippen LogP contribution in [0.2, 0.25) is 0 Å². The fraction of sp³-hybridized carbons (Fsp3) is 0.211. The van der Waals surface area contributed by atoms with Gasteiger partial charge in [-0.05, 0) is 42.7 Å². The Balaban J connectivity index is 1.80. The van der Waals surface area contributed by atoms with E-state index in [-0.39, 0.29) is 21.3 Å². The quantitative estimate of drug-likeness (QED) is 0.252. The molecule has 3 rings (SSSR count). The summed E-state index contributed by atoms with van der Waals surface area (Å²) < 4.78 is 5.87. The Morgan fingerprint density at radius 1 is 1.33 bits per heavy atom. The first kappa shape index (κ1) is 22.1. The summed E-state index contributed by atoms with van der Waals surface area (Å²) in [5.41, 5.74) is 0.611. The third-order valence-electron chi connectivity index (χ3n) is 4.27. The first-order valence-corrected chi connectivity index (χ1v) is 11.2. The first-order valence-electron chi connectivity index (χ1n) is 8.63. The zero-order valence-electron chi connectivity index (χ0n) is 15.6. The molecule has 1 aliphatic heterocycles. The summed E-state index contributed by atoms with van der Waals surface area (Å²) in [4.78, 5) is 35.9. The fourth-order valence-corrected chi connectivity index (χ4v) is 4.59. The van der Waals surface area contributed by atoms with Gasteiger partial charge < -0.3 is 14.3 Å². The number of nitro benzene ring substituents is 1. The molecule has 1 unspecified atom stereocenters. The van der Waals surface area contributed by atoms with Crippen LogP contribution in [0.1, 0.15) is 12.2 Å². The van der Waals surface area contributed by atoms with Crippen molar-refractivity contribution in [2.45, 2.75) is 12.5 Å². The van der Waals surface area contributed by atoms with Crippen LogP contribution in [0.3, 0.4) is 0 Å². The zero-order chi connectivity index (χ0) is 21.8. The van der Waals surface area contributed by atoms with Crippen LogP contribution in [0.5, 0.6) is 0 Å². The smallest absolute Gasteiger partial charge is 0.269 e. The Kier molecular flexibility index (Phi) is 6.95. The predicted octanol–water partition coefficient (Wildman–Crippen LogP) is 2.93. The van der Waals surface area contributed by atoms with Gasteiger partial charge in [0, 0.05) is 23.8 Å². The molecule has 8 nitrogen and oxygen atoms in total. The number of amides is 1. The maximum Gasteiger partial charge on any atom is 0.269 e. The Bertz CT molecular complexity index is 1030. The number of carboxylic acid groups (broad SMARTS) is 1. The Morgan fingerprint density at radius 2 is 2.03 bits per heavy atom. The van der Waals surface area contributed by atoms with Crippen LogP contribution in [0, 0.1) is 10.1 Å². The molecule has 11 heteroatoms. The van der Waals surface area contributed by atoms with E-state index >= 15 is 0 Å². The van der Waals surface area contributed by atoms with E-state index in [4.69, 9.17) is 16.6 Å². The Morgan fingerprint density at radius 3 is 2.63 bits per heavy atom. The number of thiocarbonyl (C=S) groups is 1. The van der Waals surface area contributed by atoms with Crippen molar-refractivity contribution in [2.24, 2.45) is 0 Å². The highest BCUT2D eigenvalue weighted by atomic mass is 32.2. The van der Waals surface area contributed by atoms with E-state index in [9.17, 15) is 24.8 Å². The third-order valence-corrected chi connectivity index (χ3v) is 6.24. The van der Waals surface area contributed by atoms with Gasteiger partial charge in [0.1, 0.15) is 15.8 Å². The Hall–Kier alpha value is -2.63. The van der Waals surface area contributed by atoms with E-state index in [1.54, 1.807) is 24.3 Å². The van der Waals surface area contributed by atoms with Crippen molar-refractivity contribution < 1.29 is 24.0 Å². The number of rotatable bonds is 8. The van der Waals surface area contributed by atoms with Crippen LogP contribution in [0.15, 0.2) is 45.7 Å². The van der Waals surface area contributed by atoms with E-state index in [1.165, 1.54) is 30.0 Å². The third kappa shape index (κ3) is 4.74. The van der Waals surface area contributed by atoms with Gasteiger partial charge >= 0.3 is 0 Å². The first-order chi connectivity index (χ1) is 14.3. The number of aliphatic carboxylic acids is 1. The summed E-state index contributed by atoms with van der Waals surface area (Å²) in [5, 5.41) is 22.3. The molecule has 1 atom stereocenters. The lowest BCUT2D eigenvalue weighted by Gasteiger charge is -2.27. The molecular formula is C19H15N2O6S3-. The summed E-state index contributed by atoms with van der Waals surface area (Å²) in [7, 11) is 0. The lowest BCUT2D eigenvalue weighted by molar-refractivity contribution is -0.384. The molecule has 1 aliphatic rings. The van der Waals surface area contributed by atoms with Gasteiger partial charge in [0.15, 0.2) is 0 Å². The van der Waals surface area contributed by atoms with Crippen LogP contribution >= 0.6 is 35.7 Å². The molecule has 1 fully saturated rings. The average Bonchev–Trinajstić information content (AvgIpc) is 3.28. The molecule has 0 N–H and O–H groups in total. The number of nitrogens with zero attached hydrogens (tertiary/aromatic N) is 2. The van der Waals surface area contributed by atoms with Gasteiger partial charge in [0.2, 0.25) is 0 Å². The van der Waals surface area contributed by atoms with E-state index in [1.807, 2.05) is 6.26 Å². The molecule has 30 heavy (non-hydrogen) atoms. The van der Waals surface area contributed by atoms with Crippen LogP contribution in [0.4, 0.5) is 5.69 Å².